The monoisotopic (exact) mass is 227 g/mol. The van der Waals surface area contributed by atoms with Crippen LogP contribution < -0.4 is 0 Å². The minimum Gasteiger partial charge on any atom is -0.377 e. The van der Waals surface area contributed by atoms with E-state index in [1.54, 1.807) is 6.92 Å². The van der Waals surface area contributed by atoms with E-state index in [9.17, 15) is 4.79 Å². The minimum atomic E-state index is 0.304. The van der Waals surface area contributed by atoms with Gasteiger partial charge in [0.1, 0.15) is 5.78 Å². The smallest absolute Gasteiger partial charge is 0.129 e. The Hall–Kier alpha value is -0.410. The first-order valence-electron chi connectivity index (χ1n) is 6.48. The molecule has 0 aromatic carbocycles. The molecule has 0 amide bonds. The van der Waals surface area contributed by atoms with Gasteiger partial charge in [0.05, 0.1) is 6.10 Å². The van der Waals surface area contributed by atoms with Gasteiger partial charge in [0, 0.05) is 19.6 Å². The van der Waals surface area contributed by atoms with Crippen molar-refractivity contribution >= 4 is 5.78 Å². The minimum absolute atomic E-state index is 0.304. The van der Waals surface area contributed by atoms with Gasteiger partial charge in [-0.25, -0.2) is 0 Å². The number of nitrogens with zero attached hydrogens (tertiary/aromatic N) is 1. The molecule has 1 atom stereocenters. The molecule has 0 spiro atoms. The molecule has 0 aromatic rings. The summed E-state index contributed by atoms with van der Waals surface area (Å²) in [4.78, 5) is 13.1. The summed E-state index contributed by atoms with van der Waals surface area (Å²) in [6, 6.07) is 0. The highest BCUT2D eigenvalue weighted by Crippen LogP contribution is 2.13. The Balaban J connectivity index is 2.01. The second-order valence-corrected chi connectivity index (χ2v) is 4.91. The lowest BCUT2D eigenvalue weighted by Crippen LogP contribution is -2.33. The van der Waals surface area contributed by atoms with Crippen LogP contribution in [0.4, 0.5) is 0 Å². The van der Waals surface area contributed by atoms with E-state index in [1.165, 1.54) is 19.3 Å². The molecule has 0 aliphatic carbocycles. The fraction of sp³-hybridized carbons (Fsp3) is 0.923. The third kappa shape index (κ3) is 6.23. The van der Waals surface area contributed by atoms with Crippen LogP contribution in [0.1, 0.15) is 45.4 Å². The van der Waals surface area contributed by atoms with E-state index in [2.05, 4.69) is 11.9 Å². The van der Waals surface area contributed by atoms with E-state index in [0.717, 1.165) is 39.0 Å². The van der Waals surface area contributed by atoms with Gasteiger partial charge in [0.2, 0.25) is 0 Å². The van der Waals surface area contributed by atoms with E-state index < -0.39 is 0 Å². The fourth-order valence-corrected chi connectivity index (χ4v) is 2.15. The second kappa shape index (κ2) is 7.80. The average Bonchev–Trinajstić information content (AvgIpc) is 2.25. The Labute approximate surface area is 99.1 Å². The number of hydrogen-bond donors (Lipinski definition) is 0. The van der Waals surface area contributed by atoms with Gasteiger partial charge in [-0.15, -0.1) is 0 Å². The quantitative estimate of drug-likeness (QED) is 0.625. The number of Topliss-reactive ketones (excluding diaryl/α,β-unsaturated/α-hetero) is 1. The van der Waals surface area contributed by atoms with Gasteiger partial charge in [-0.05, 0) is 52.6 Å². The van der Waals surface area contributed by atoms with Crippen molar-refractivity contribution in [3.63, 3.8) is 0 Å². The Morgan fingerprint density at radius 3 is 2.81 bits per heavy atom. The zero-order chi connectivity index (χ0) is 11.8. The third-order valence-corrected chi connectivity index (χ3v) is 3.11. The maximum Gasteiger partial charge on any atom is 0.129 e. The molecule has 3 heteroatoms. The molecule has 0 radical (unpaired) electrons. The molecule has 1 heterocycles. The Bertz CT molecular complexity index is 200. The van der Waals surface area contributed by atoms with Gasteiger partial charge in [0.25, 0.3) is 0 Å². The summed E-state index contributed by atoms with van der Waals surface area (Å²) in [6.45, 7) is 4.72. The lowest BCUT2D eigenvalue weighted by atomic mass is 10.1. The molecule has 0 N–H and O–H groups in total. The summed E-state index contributed by atoms with van der Waals surface area (Å²) in [6.07, 6.45) is 7.04. The molecule has 1 unspecified atom stereocenters. The van der Waals surface area contributed by atoms with Crippen molar-refractivity contribution < 1.29 is 9.53 Å². The topological polar surface area (TPSA) is 29.5 Å². The highest BCUT2D eigenvalue weighted by molar-refractivity contribution is 5.75. The molecule has 1 aliphatic rings. The van der Waals surface area contributed by atoms with Crippen LogP contribution in [0.25, 0.3) is 0 Å². The summed E-state index contributed by atoms with van der Waals surface area (Å²) < 4.78 is 5.70. The molecule has 94 valence electrons. The summed E-state index contributed by atoms with van der Waals surface area (Å²) in [7, 11) is 2.14. The van der Waals surface area contributed by atoms with E-state index in [-0.39, 0.29) is 0 Å². The average molecular weight is 227 g/mol. The van der Waals surface area contributed by atoms with Crippen LogP contribution in [0.2, 0.25) is 0 Å². The molecule has 16 heavy (non-hydrogen) atoms. The van der Waals surface area contributed by atoms with Crippen LogP contribution in [-0.4, -0.2) is 43.5 Å². The van der Waals surface area contributed by atoms with E-state index in [0.29, 0.717) is 11.9 Å². The van der Waals surface area contributed by atoms with Crippen LogP contribution in [0, 0.1) is 0 Å². The van der Waals surface area contributed by atoms with Crippen molar-refractivity contribution in [1.29, 1.82) is 0 Å². The Morgan fingerprint density at radius 1 is 1.38 bits per heavy atom. The van der Waals surface area contributed by atoms with E-state index in [1.807, 2.05) is 0 Å². The molecule has 3 nitrogen and oxygen atoms in total. The SMILES string of the molecule is CC(=O)CCCCN(C)CC1CCCCO1. The normalized spacial score (nSPS) is 21.3. The number of unbranched alkanes of at least 4 members (excludes halogenated alkanes) is 1. The molecule has 1 rings (SSSR count). The van der Waals surface area contributed by atoms with Gasteiger partial charge >= 0.3 is 0 Å². The second-order valence-electron chi connectivity index (χ2n) is 4.91. The number of carbonyl (C=O) groups excluding carboxylic acids is 1. The molecule has 1 fully saturated rings. The molecule has 1 aliphatic heterocycles. The van der Waals surface area contributed by atoms with Crippen molar-refractivity contribution in [1.82, 2.24) is 4.90 Å². The third-order valence-electron chi connectivity index (χ3n) is 3.11. The zero-order valence-electron chi connectivity index (χ0n) is 10.7. The van der Waals surface area contributed by atoms with Gasteiger partial charge in [0.15, 0.2) is 0 Å². The number of hydrogen-bond acceptors (Lipinski definition) is 3. The number of likely N-dealkylation sites (N-methyl/N-ethyl adjacent to an activating group) is 1. The van der Waals surface area contributed by atoms with Crippen LogP contribution >= 0.6 is 0 Å². The summed E-state index contributed by atoms with van der Waals surface area (Å²) in [5, 5.41) is 0. The molecule has 0 saturated carbocycles. The van der Waals surface area contributed by atoms with Gasteiger partial charge in [-0.1, -0.05) is 0 Å². The van der Waals surface area contributed by atoms with Crippen LogP contribution in [-0.2, 0) is 9.53 Å². The molecule has 1 saturated heterocycles. The van der Waals surface area contributed by atoms with Gasteiger partial charge < -0.3 is 14.4 Å². The van der Waals surface area contributed by atoms with E-state index >= 15 is 0 Å². The maximum absolute atomic E-state index is 10.8. The first-order chi connectivity index (χ1) is 7.68. The van der Waals surface area contributed by atoms with Crippen molar-refractivity contribution in [2.45, 2.75) is 51.6 Å². The zero-order valence-corrected chi connectivity index (χ0v) is 10.7. The van der Waals surface area contributed by atoms with Crippen molar-refractivity contribution in [2.24, 2.45) is 0 Å². The molecule has 0 aromatic heterocycles. The Kier molecular flexibility index (Phi) is 6.65. The predicted molar refractivity (Wildman–Crippen MR) is 65.6 cm³/mol. The Morgan fingerprint density at radius 2 is 2.19 bits per heavy atom. The van der Waals surface area contributed by atoms with Crippen molar-refractivity contribution in [2.75, 3.05) is 26.7 Å². The van der Waals surface area contributed by atoms with Crippen LogP contribution in [0.5, 0.6) is 0 Å². The van der Waals surface area contributed by atoms with Crippen LogP contribution in [0.3, 0.4) is 0 Å². The summed E-state index contributed by atoms with van der Waals surface area (Å²) >= 11 is 0. The standard InChI is InChI=1S/C13H25NO2/c1-12(15)7-3-5-9-14(2)11-13-8-4-6-10-16-13/h13H,3-11H2,1-2H3. The summed E-state index contributed by atoms with van der Waals surface area (Å²) in [5.74, 6) is 0.304. The number of ether oxygens (including phenoxy) is 1. The maximum atomic E-state index is 10.8. The largest absolute Gasteiger partial charge is 0.377 e. The predicted octanol–water partition coefficient (Wildman–Crippen LogP) is 2.25. The first kappa shape index (κ1) is 13.7. The highest BCUT2D eigenvalue weighted by atomic mass is 16.5. The first-order valence-corrected chi connectivity index (χ1v) is 6.48. The number of rotatable bonds is 7. The fourth-order valence-electron chi connectivity index (χ4n) is 2.15. The number of carbonyl (C=O) groups is 1. The van der Waals surface area contributed by atoms with Gasteiger partial charge in [-0.2, -0.15) is 0 Å². The van der Waals surface area contributed by atoms with Crippen molar-refractivity contribution in [3.8, 4) is 0 Å². The molecular weight excluding hydrogens is 202 g/mol. The van der Waals surface area contributed by atoms with Crippen molar-refractivity contribution in [3.05, 3.63) is 0 Å². The van der Waals surface area contributed by atoms with E-state index in [4.69, 9.17) is 4.74 Å². The molecular formula is C13H25NO2. The number of ketones is 1. The molecule has 0 bridgehead atoms. The lowest BCUT2D eigenvalue weighted by molar-refractivity contribution is -0.117. The summed E-state index contributed by atoms with van der Waals surface area (Å²) in [5.41, 5.74) is 0. The van der Waals surface area contributed by atoms with Crippen LogP contribution in [0.15, 0.2) is 0 Å². The lowest BCUT2D eigenvalue weighted by Gasteiger charge is -2.27. The van der Waals surface area contributed by atoms with Gasteiger partial charge in [-0.3, -0.25) is 0 Å². The highest BCUT2D eigenvalue weighted by Gasteiger charge is 2.15.